The molecule has 1 unspecified atom stereocenters. The Bertz CT molecular complexity index is 3230. The quantitative estimate of drug-likeness (QED) is 0.0779. The fourth-order valence-corrected chi connectivity index (χ4v) is 8.33. The van der Waals surface area contributed by atoms with Crippen molar-refractivity contribution in [2.45, 2.75) is 58.3 Å². The van der Waals surface area contributed by atoms with Gasteiger partial charge in [-0.05, 0) is 71.5 Å². The van der Waals surface area contributed by atoms with E-state index in [0.29, 0.717) is 57.9 Å². The lowest BCUT2D eigenvalue weighted by molar-refractivity contribution is -0.140. The van der Waals surface area contributed by atoms with Crippen LogP contribution in [0.4, 0.5) is 17.6 Å². The zero-order valence-electron chi connectivity index (χ0n) is 40.7. The molecule has 3 amide bonds. The van der Waals surface area contributed by atoms with Crippen LogP contribution in [0, 0.1) is 37.1 Å². The largest absolute Gasteiger partial charge is 0.480 e. The second kappa shape index (κ2) is 22.4. The second-order valence-electron chi connectivity index (χ2n) is 17.5. The highest BCUT2D eigenvalue weighted by atomic mass is 19.1. The molecule has 0 aliphatic carbocycles. The summed E-state index contributed by atoms with van der Waals surface area (Å²) in [6.45, 7) is 1.78. The summed E-state index contributed by atoms with van der Waals surface area (Å²) in [5.41, 5.74) is 3.39. The van der Waals surface area contributed by atoms with Crippen LogP contribution in [0.2, 0.25) is 0 Å². The molecule has 0 aliphatic heterocycles. The number of hydrogen-bond acceptors (Lipinski definition) is 10. The minimum atomic E-state index is -1.70. The van der Waals surface area contributed by atoms with E-state index in [1.165, 1.54) is 85.9 Å². The summed E-state index contributed by atoms with van der Waals surface area (Å²) in [6.07, 6.45) is -1.04. The number of nitrogens with zero attached hydrogens (tertiary/aromatic N) is 5. The number of carboxylic acids is 2. The number of aromatic nitrogens is 4. The van der Waals surface area contributed by atoms with E-state index in [1.54, 1.807) is 13.8 Å². The average Bonchev–Trinajstić information content (AvgIpc) is 3.34. The zero-order valence-corrected chi connectivity index (χ0v) is 40.7. The third-order valence-corrected chi connectivity index (χ3v) is 12.6. The summed E-state index contributed by atoms with van der Waals surface area (Å²) in [5, 5.41) is 24.1. The topological polar surface area (TPSA) is 267 Å². The molecule has 4 aromatic carbocycles. The SMILES string of the molecule is Cc1c(-c2ccc(CC(NC(=O)c3c(F)cc(CN(Cc4cc(F)c(C(=O)N[C@@H](Cc5ccc(-c6c(C)n(C)c(=O)n(C)c6=O)cc5)C(=O)O)c(F)c4)C(=O)CCN)cc3F)C(=O)O)cc2)c(=O)n(C)c(=O)n1C. The first-order chi connectivity index (χ1) is 34.8. The van der Waals surface area contributed by atoms with Crippen LogP contribution < -0.4 is 38.9 Å². The highest BCUT2D eigenvalue weighted by Gasteiger charge is 2.29. The second-order valence-corrected chi connectivity index (χ2v) is 17.5. The van der Waals surface area contributed by atoms with Gasteiger partial charge < -0.3 is 40.6 Å². The van der Waals surface area contributed by atoms with E-state index in [4.69, 9.17) is 5.73 Å². The van der Waals surface area contributed by atoms with Gasteiger partial charge in [-0.15, -0.1) is 0 Å². The molecule has 74 heavy (non-hydrogen) atoms. The number of rotatable bonds is 18. The Hall–Kier alpha value is -8.73. The van der Waals surface area contributed by atoms with E-state index < -0.39 is 112 Å². The molecule has 0 fully saturated rings. The number of aliphatic carboxylic acids is 2. The highest BCUT2D eigenvalue weighted by molar-refractivity contribution is 5.98. The first-order valence-corrected chi connectivity index (χ1v) is 22.6. The number of amides is 3. The molecule has 23 heteroatoms. The molecule has 0 spiro atoms. The van der Waals surface area contributed by atoms with Crippen molar-refractivity contribution in [3.8, 4) is 22.3 Å². The fraction of sp³-hybridized carbons (Fsp3) is 0.275. The lowest BCUT2D eigenvalue weighted by Crippen LogP contribution is -2.43. The predicted octanol–water partition coefficient (Wildman–Crippen LogP) is 2.72. The molecule has 2 atom stereocenters. The number of nitrogens with one attached hydrogen (secondary N) is 2. The van der Waals surface area contributed by atoms with Crippen LogP contribution in [0.5, 0.6) is 0 Å². The predicted molar refractivity (Wildman–Crippen MR) is 260 cm³/mol. The van der Waals surface area contributed by atoms with Gasteiger partial charge >= 0.3 is 23.3 Å². The average molecular weight is 1030 g/mol. The van der Waals surface area contributed by atoms with Crippen LogP contribution >= 0.6 is 0 Å². The molecule has 0 saturated carbocycles. The number of carbonyl (C=O) groups excluding carboxylic acids is 3. The molecular weight excluding hydrogens is 977 g/mol. The molecular formula is C51H50F4N8O11. The summed E-state index contributed by atoms with van der Waals surface area (Å²) in [5.74, 6) is -12.5. The molecule has 0 saturated heterocycles. The first-order valence-electron chi connectivity index (χ1n) is 22.6. The van der Waals surface area contributed by atoms with Gasteiger partial charge in [-0.3, -0.25) is 33.1 Å². The normalized spacial score (nSPS) is 12.0. The minimum absolute atomic E-state index is 0.202. The van der Waals surface area contributed by atoms with Crippen LogP contribution in [0.25, 0.3) is 22.3 Å². The molecule has 0 bridgehead atoms. The Kier molecular flexibility index (Phi) is 16.5. The minimum Gasteiger partial charge on any atom is -0.480 e. The summed E-state index contributed by atoms with van der Waals surface area (Å²) in [4.78, 5) is 116. The van der Waals surface area contributed by atoms with Crippen LogP contribution in [0.1, 0.15) is 60.8 Å². The number of halogens is 4. The molecule has 2 heterocycles. The van der Waals surface area contributed by atoms with E-state index in [2.05, 4.69) is 10.6 Å². The molecule has 0 aliphatic rings. The number of benzene rings is 4. The number of hydrogen-bond donors (Lipinski definition) is 5. The smallest absolute Gasteiger partial charge is 0.330 e. The van der Waals surface area contributed by atoms with Crippen molar-refractivity contribution in [3.05, 3.63) is 183 Å². The molecule has 6 rings (SSSR count). The Balaban J connectivity index is 1.14. The van der Waals surface area contributed by atoms with Crippen molar-refractivity contribution in [3.63, 3.8) is 0 Å². The summed E-state index contributed by atoms with van der Waals surface area (Å²) < 4.78 is 67.0. The molecule has 6 aromatic rings. The summed E-state index contributed by atoms with van der Waals surface area (Å²) in [7, 11) is 5.64. The van der Waals surface area contributed by atoms with Gasteiger partial charge in [-0.1, -0.05) is 48.5 Å². The maximum atomic E-state index is 15.6. The third kappa shape index (κ3) is 11.5. The van der Waals surface area contributed by atoms with Gasteiger partial charge in [0.2, 0.25) is 5.91 Å². The Morgan fingerprint density at radius 3 is 1.18 bits per heavy atom. The van der Waals surface area contributed by atoms with E-state index in [-0.39, 0.29) is 48.1 Å². The van der Waals surface area contributed by atoms with E-state index in [0.717, 1.165) is 14.0 Å². The van der Waals surface area contributed by atoms with E-state index >= 15 is 17.6 Å². The molecule has 0 radical (unpaired) electrons. The zero-order chi connectivity index (χ0) is 54.6. The van der Waals surface area contributed by atoms with Crippen molar-refractivity contribution in [1.82, 2.24) is 33.8 Å². The molecule has 2 aromatic heterocycles. The van der Waals surface area contributed by atoms with Gasteiger partial charge in [0.1, 0.15) is 46.5 Å². The van der Waals surface area contributed by atoms with Crippen LogP contribution in [-0.4, -0.2) is 81.7 Å². The summed E-state index contributed by atoms with van der Waals surface area (Å²) >= 11 is 0. The van der Waals surface area contributed by atoms with Gasteiger partial charge in [0, 0.05) is 78.5 Å². The van der Waals surface area contributed by atoms with Gasteiger partial charge in [0.05, 0.1) is 11.1 Å². The van der Waals surface area contributed by atoms with Gasteiger partial charge in [0.25, 0.3) is 22.9 Å². The summed E-state index contributed by atoms with van der Waals surface area (Å²) in [6, 6.07) is 11.4. The highest BCUT2D eigenvalue weighted by Crippen LogP contribution is 2.24. The standard InChI is InChI=1S/C51H50F4N8O11/c1-25-40(46(67)61(5)50(73)59(25)3)31-11-7-27(8-12-31)21-37(48(69)70)57-44(65)42-33(52)17-29(18-34(42)53)23-63(39(64)15-16-56)24-30-19-35(54)43(36(55)20-30)45(66)58-38(49(71)72)22-28-9-13-32(14-10-28)41-26(2)60(4)51(74)62(6)47(41)68/h7-14,17-20,37-38H,15-16,21-24,56H2,1-6H3,(H,57,65)(H,58,66)(H,69,70)(H,71,72)/t37-,38?/m0/s1. The number of nitrogens with two attached hydrogens (primary N) is 1. The van der Waals surface area contributed by atoms with Crippen molar-refractivity contribution in [1.29, 1.82) is 0 Å². The van der Waals surface area contributed by atoms with E-state index in [9.17, 15) is 53.4 Å². The van der Waals surface area contributed by atoms with Crippen LogP contribution in [0.3, 0.4) is 0 Å². The van der Waals surface area contributed by atoms with Gasteiger partial charge in [0.15, 0.2) is 0 Å². The van der Waals surface area contributed by atoms with E-state index in [1.807, 2.05) is 0 Å². The third-order valence-electron chi connectivity index (χ3n) is 12.6. The first kappa shape index (κ1) is 54.6. The maximum absolute atomic E-state index is 15.6. The molecule has 6 N–H and O–H groups in total. The monoisotopic (exact) mass is 1030 g/mol. The maximum Gasteiger partial charge on any atom is 0.330 e. The van der Waals surface area contributed by atoms with Crippen molar-refractivity contribution < 1.29 is 51.7 Å². The lowest BCUT2D eigenvalue weighted by Gasteiger charge is -2.24. The Morgan fingerprint density at radius 1 is 0.554 bits per heavy atom. The lowest BCUT2D eigenvalue weighted by atomic mass is 10.00. The Morgan fingerprint density at radius 2 is 0.878 bits per heavy atom. The fourth-order valence-electron chi connectivity index (χ4n) is 8.33. The number of carbonyl (C=O) groups is 5. The van der Waals surface area contributed by atoms with Gasteiger partial charge in [-0.25, -0.2) is 36.7 Å². The molecule has 19 nitrogen and oxygen atoms in total. The van der Waals surface area contributed by atoms with Gasteiger partial charge in [-0.2, -0.15) is 0 Å². The Labute approximate surface area is 417 Å². The molecule has 388 valence electrons. The van der Waals surface area contributed by atoms with Crippen LogP contribution in [-0.2, 0) is 68.5 Å². The van der Waals surface area contributed by atoms with Crippen molar-refractivity contribution >= 4 is 29.7 Å². The van der Waals surface area contributed by atoms with Crippen LogP contribution in [0.15, 0.2) is 92.0 Å². The van der Waals surface area contributed by atoms with Crippen molar-refractivity contribution in [2.24, 2.45) is 33.9 Å². The number of carboxylic acid groups (broad SMARTS) is 2. The van der Waals surface area contributed by atoms with Crippen molar-refractivity contribution in [2.75, 3.05) is 6.54 Å².